The molecule has 0 aliphatic heterocycles. The molecule has 0 aliphatic rings. The van der Waals surface area contributed by atoms with E-state index in [0.717, 1.165) is 44.8 Å². The van der Waals surface area contributed by atoms with Crippen LogP contribution in [0.3, 0.4) is 0 Å². The van der Waals surface area contributed by atoms with E-state index in [1.165, 1.54) is 4.88 Å². The fourth-order valence-electron chi connectivity index (χ4n) is 1.92. The van der Waals surface area contributed by atoms with Gasteiger partial charge in [-0.1, -0.05) is 26.3 Å². The maximum Gasteiger partial charge on any atom is 0.165 e. The predicted molar refractivity (Wildman–Crippen MR) is 76.8 cm³/mol. The van der Waals surface area contributed by atoms with E-state index in [9.17, 15) is 0 Å². The second kappa shape index (κ2) is 7.35. The van der Waals surface area contributed by atoms with Gasteiger partial charge in [0.15, 0.2) is 5.82 Å². The Morgan fingerprint density at radius 1 is 1.32 bits per heavy atom. The van der Waals surface area contributed by atoms with Gasteiger partial charge in [0.2, 0.25) is 0 Å². The van der Waals surface area contributed by atoms with Gasteiger partial charge in [0.25, 0.3) is 0 Å². The molecule has 0 saturated heterocycles. The van der Waals surface area contributed by atoms with E-state index in [2.05, 4.69) is 51.8 Å². The van der Waals surface area contributed by atoms with Crippen molar-refractivity contribution >= 4 is 11.3 Å². The van der Waals surface area contributed by atoms with Crippen molar-refractivity contribution in [1.82, 2.24) is 25.1 Å². The van der Waals surface area contributed by atoms with E-state index in [1.807, 2.05) is 4.68 Å². The maximum atomic E-state index is 4.15. The average Bonchev–Trinajstić information content (AvgIpc) is 3.07. The molecule has 0 spiro atoms. The Labute approximate surface area is 118 Å². The third-order valence-electron chi connectivity index (χ3n) is 3.10. The molecule has 0 atom stereocenters. The van der Waals surface area contributed by atoms with Crippen LogP contribution in [0.1, 0.15) is 37.4 Å². The van der Waals surface area contributed by atoms with E-state index in [0.29, 0.717) is 0 Å². The van der Waals surface area contributed by atoms with Gasteiger partial charge in [-0.3, -0.25) is 4.90 Å². The van der Waals surface area contributed by atoms with Crippen LogP contribution < -0.4 is 0 Å². The Morgan fingerprint density at radius 2 is 2.21 bits per heavy atom. The van der Waals surface area contributed by atoms with Crippen LogP contribution in [-0.2, 0) is 19.6 Å². The van der Waals surface area contributed by atoms with Gasteiger partial charge in [-0.15, -0.1) is 16.4 Å². The predicted octanol–water partition coefficient (Wildman–Crippen LogP) is 2.56. The molecule has 19 heavy (non-hydrogen) atoms. The number of unbranched alkanes of at least 4 members (excludes halogenated alkanes) is 1. The highest BCUT2D eigenvalue weighted by Crippen LogP contribution is 2.13. The number of hydrogen-bond donors (Lipinski definition) is 0. The molecule has 0 aromatic carbocycles. The third kappa shape index (κ3) is 4.11. The largest absolute Gasteiger partial charge is 0.291 e. The van der Waals surface area contributed by atoms with Crippen molar-refractivity contribution in [2.75, 3.05) is 6.54 Å². The number of thiophene rings is 1. The molecule has 6 heteroatoms. The molecule has 104 valence electrons. The van der Waals surface area contributed by atoms with Crippen molar-refractivity contribution in [3.63, 3.8) is 0 Å². The topological polar surface area (TPSA) is 46.8 Å². The molecule has 0 bridgehead atoms. The summed E-state index contributed by atoms with van der Waals surface area (Å²) in [7, 11) is 0. The van der Waals surface area contributed by atoms with Gasteiger partial charge in [0.1, 0.15) is 0 Å². The second-order valence-electron chi connectivity index (χ2n) is 4.55. The number of hydrogen-bond acceptors (Lipinski definition) is 5. The molecule has 2 heterocycles. The highest BCUT2D eigenvalue weighted by atomic mass is 32.1. The number of tetrazole rings is 1. The van der Waals surface area contributed by atoms with Gasteiger partial charge in [-0.25, -0.2) is 4.68 Å². The van der Waals surface area contributed by atoms with E-state index >= 15 is 0 Å². The van der Waals surface area contributed by atoms with Gasteiger partial charge >= 0.3 is 0 Å². The van der Waals surface area contributed by atoms with Crippen molar-refractivity contribution in [2.45, 2.75) is 46.3 Å². The minimum atomic E-state index is 0.811. The zero-order chi connectivity index (χ0) is 13.5. The minimum absolute atomic E-state index is 0.811. The zero-order valence-electron chi connectivity index (χ0n) is 11.6. The zero-order valence-corrected chi connectivity index (χ0v) is 12.4. The summed E-state index contributed by atoms with van der Waals surface area (Å²) in [5.41, 5.74) is 0. The molecule has 2 rings (SSSR count). The molecule has 0 radical (unpaired) electrons. The van der Waals surface area contributed by atoms with Crippen LogP contribution in [0.2, 0.25) is 0 Å². The van der Waals surface area contributed by atoms with Crippen molar-refractivity contribution in [2.24, 2.45) is 0 Å². The third-order valence-corrected chi connectivity index (χ3v) is 3.96. The lowest BCUT2D eigenvalue weighted by Gasteiger charge is -2.18. The summed E-state index contributed by atoms with van der Waals surface area (Å²) in [6.45, 7) is 8.04. The Kier molecular flexibility index (Phi) is 5.47. The lowest BCUT2D eigenvalue weighted by atomic mass is 10.3. The van der Waals surface area contributed by atoms with Gasteiger partial charge < -0.3 is 0 Å². The normalized spacial score (nSPS) is 11.3. The van der Waals surface area contributed by atoms with Gasteiger partial charge in [0, 0.05) is 18.0 Å². The number of aryl methyl sites for hydroxylation is 1. The van der Waals surface area contributed by atoms with Crippen molar-refractivity contribution in [3.05, 3.63) is 28.2 Å². The summed E-state index contributed by atoms with van der Waals surface area (Å²) in [5.74, 6) is 0.965. The van der Waals surface area contributed by atoms with Crippen molar-refractivity contribution in [3.8, 4) is 0 Å². The van der Waals surface area contributed by atoms with Gasteiger partial charge in [-0.2, -0.15) is 0 Å². The Morgan fingerprint density at radius 3 is 2.89 bits per heavy atom. The molecular formula is C13H21N5S. The fourth-order valence-corrected chi connectivity index (χ4v) is 2.67. The Balaban J connectivity index is 1.96. The molecule has 0 saturated carbocycles. The SMILES string of the molecule is CCCCn1nnnc1CN(CC)Cc1cccs1. The molecule has 0 amide bonds. The van der Waals surface area contributed by atoms with Crippen LogP contribution in [0.15, 0.2) is 17.5 Å². The second-order valence-corrected chi connectivity index (χ2v) is 5.59. The van der Waals surface area contributed by atoms with Crippen LogP contribution in [0, 0.1) is 0 Å². The fraction of sp³-hybridized carbons (Fsp3) is 0.615. The molecule has 5 nitrogen and oxygen atoms in total. The van der Waals surface area contributed by atoms with Crippen LogP contribution in [0.5, 0.6) is 0 Å². The Bertz CT molecular complexity index is 465. The van der Waals surface area contributed by atoms with Crippen LogP contribution in [-0.4, -0.2) is 31.7 Å². The summed E-state index contributed by atoms with van der Waals surface area (Å²) in [6.07, 6.45) is 2.28. The van der Waals surface area contributed by atoms with E-state index in [4.69, 9.17) is 0 Å². The summed E-state index contributed by atoms with van der Waals surface area (Å²) in [5, 5.41) is 14.1. The van der Waals surface area contributed by atoms with E-state index in [-0.39, 0.29) is 0 Å². The standard InChI is InChI=1S/C13H21N5S/c1-3-5-8-18-13(14-15-16-18)11-17(4-2)10-12-7-6-9-19-12/h6-7,9H,3-5,8,10-11H2,1-2H3. The summed E-state index contributed by atoms with van der Waals surface area (Å²) in [4.78, 5) is 3.74. The first kappa shape index (κ1) is 14.1. The number of rotatable bonds is 8. The number of aromatic nitrogens is 4. The smallest absolute Gasteiger partial charge is 0.165 e. The summed E-state index contributed by atoms with van der Waals surface area (Å²) >= 11 is 1.80. The molecule has 0 fully saturated rings. The van der Waals surface area contributed by atoms with Gasteiger partial charge in [-0.05, 0) is 34.8 Å². The van der Waals surface area contributed by atoms with E-state index in [1.54, 1.807) is 11.3 Å². The molecule has 0 N–H and O–H groups in total. The first-order chi connectivity index (χ1) is 9.33. The van der Waals surface area contributed by atoms with Crippen molar-refractivity contribution < 1.29 is 0 Å². The van der Waals surface area contributed by atoms with Crippen molar-refractivity contribution in [1.29, 1.82) is 0 Å². The monoisotopic (exact) mass is 279 g/mol. The maximum absolute atomic E-state index is 4.15. The lowest BCUT2D eigenvalue weighted by Crippen LogP contribution is -2.24. The highest BCUT2D eigenvalue weighted by molar-refractivity contribution is 7.09. The molecular weight excluding hydrogens is 258 g/mol. The first-order valence-corrected chi connectivity index (χ1v) is 7.71. The first-order valence-electron chi connectivity index (χ1n) is 6.83. The summed E-state index contributed by atoms with van der Waals surface area (Å²) < 4.78 is 1.93. The van der Waals surface area contributed by atoms with Crippen LogP contribution >= 0.6 is 11.3 Å². The molecule has 2 aromatic rings. The average molecular weight is 279 g/mol. The number of nitrogens with zero attached hydrogens (tertiary/aromatic N) is 5. The minimum Gasteiger partial charge on any atom is -0.291 e. The van der Waals surface area contributed by atoms with Crippen LogP contribution in [0.4, 0.5) is 0 Å². The molecule has 0 aliphatic carbocycles. The summed E-state index contributed by atoms with van der Waals surface area (Å²) in [6, 6.07) is 4.27. The highest BCUT2D eigenvalue weighted by Gasteiger charge is 2.11. The van der Waals surface area contributed by atoms with E-state index < -0.39 is 0 Å². The molecule has 2 aromatic heterocycles. The molecule has 0 unspecified atom stereocenters. The Hall–Kier alpha value is -1.27. The quantitative estimate of drug-likeness (QED) is 0.745. The van der Waals surface area contributed by atoms with Gasteiger partial charge in [0.05, 0.1) is 6.54 Å². The van der Waals surface area contributed by atoms with Crippen LogP contribution in [0.25, 0.3) is 0 Å². The lowest BCUT2D eigenvalue weighted by molar-refractivity contribution is 0.260.